The maximum atomic E-state index is 11.8. The summed E-state index contributed by atoms with van der Waals surface area (Å²) in [7, 11) is -3.25. The molecule has 1 aromatic carbocycles. The van der Waals surface area contributed by atoms with Crippen molar-refractivity contribution in [1.82, 2.24) is 15.4 Å². The number of amides is 2. The Labute approximate surface area is 130 Å². The normalized spacial score (nSPS) is 20.5. The van der Waals surface area contributed by atoms with E-state index in [1.165, 1.54) is 0 Å². The average Bonchev–Trinajstić information content (AvgIpc) is 2.80. The highest BCUT2D eigenvalue weighted by molar-refractivity contribution is 7.89. The van der Waals surface area contributed by atoms with E-state index in [4.69, 9.17) is 0 Å². The molecule has 0 fully saturated rings. The van der Waals surface area contributed by atoms with E-state index in [9.17, 15) is 18.3 Å². The van der Waals surface area contributed by atoms with Gasteiger partial charge in [0.1, 0.15) is 0 Å². The number of benzene rings is 1. The molecule has 1 aliphatic rings. The van der Waals surface area contributed by atoms with Crippen molar-refractivity contribution in [3.8, 4) is 0 Å². The predicted octanol–water partition coefficient (Wildman–Crippen LogP) is -0.117. The first-order valence-corrected chi connectivity index (χ1v) is 8.85. The lowest BCUT2D eigenvalue weighted by molar-refractivity contribution is 0.142. The lowest BCUT2D eigenvalue weighted by Crippen LogP contribution is -2.43. The summed E-state index contributed by atoms with van der Waals surface area (Å²) in [5, 5.41) is 15.3. The van der Waals surface area contributed by atoms with Gasteiger partial charge in [0, 0.05) is 19.5 Å². The summed E-state index contributed by atoms with van der Waals surface area (Å²) in [6, 6.07) is 6.69. The van der Waals surface area contributed by atoms with Gasteiger partial charge in [-0.15, -0.1) is 0 Å². The van der Waals surface area contributed by atoms with Crippen LogP contribution >= 0.6 is 0 Å². The van der Waals surface area contributed by atoms with Crippen LogP contribution in [0.5, 0.6) is 0 Å². The van der Waals surface area contributed by atoms with Crippen molar-refractivity contribution in [2.24, 2.45) is 0 Å². The van der Waals surface area contributed by atoms with Crippen LogP contribution in [-0.2, 0) is 16.4 Å². The number of nitrogens with one attached hydrogen (secondary N) is 3. The molecule has 1 aliphatic carbocycles. The minimum atomic E-state index is -3.25. The van der Waals surface area contributed by atoms with Crippen LogP contribution in [0.1, 0.15) is 24.1 Å². The molecule has 0 heterocycles. The Morgan fingerprint density at radius 2 is 2.05 bits per heavy atom. The van der Waals surface area contributed by atoms with Gasteiger partial charge >= 0.3 is 6.03 Å². The van der Waals surface area contributed by atoms with Gasteiger partial charge in [0.2, 0.25) is 10.0 Å². The molecule has 1 aromatic rings. The molecule has 0 radical (unpaired) electrons. The number of urea groups is 1. The van der Waals surface area contributed by atoms with Crippen LogP contribution in [0.15, 0.2) is 24.3 Å². The van der Waals surface area contributed by atoms with Gasteiger partial charge in [-0.25, -0.2) is 17.9 Å². The van der Waals surface area contributed by atoms with Crippen LogP contribution in [-0.4, -0.2) is 44.5 Å². The molecule has 7 nitrogen and oxygen atoms in total. The highest BCUT2D eigenvalue weighted by Crippen LogP contribution is 2.30. The second kappa shape index (κ2) is 7.08. The summed E-state index contributed by atoms with van der Waals surface area (Å²) in [6.45, 7) is 1.85. The molecule has 0 saturated carbocycles. The summed E-state index contributed by atoms with van der Waals surface area (Å²) < 4.78 is 24.8. The van der Waals surface area contributed by atoms with E-state index in [1.807, 2.05) is 24.3 Å². The molecule has 122 valence electrons. The van der Waals surface area contributed by atoms with Crippen molar-refractivity contribution in [3.63, 3.8) is 0 Å². The number of fused-ring (bicyclic) bond motifs is 1. The Morgan fingerprint density at radius 1 is 1.32 bits per heavy atom. The van der Waals surface area contributed by atoms with Crippen LogP contribution in [0.3, 0.4) is 0 Å². The van der Waals surface area contributed by atoms with Crippen molar-refractivity contribution >= 4 is 16.1 Å². The van der Waals surface area contributed by atoms with Crippen LogP contribution < -0.4 is 15.4 Å². The SMILES string of the molecule is CCS(=O)(=O)NCCNC(=O)N[C@@H]1c2ccccc2C[C@H]1O. The molecule has 2 atom stereocenters. The van der Waals surface area contributed by atoms with E-state index >= 15 is 0 Å². The fourth-order valence-corrected chi connectivity index (χ4v) is 3.04. The Kier molecular flexibility index (Phi) is 5.38. The van der Waals surface area contributed by atoms with Crippen molar-refractivity contribution in [2.45, 2.75) is 25.5 Å². The van der Waals surface area contributed by atoms with E-state index in [-0.39, 0.29) is 18.8 Å². The monoisotopic (exact) mass is 327 g/mol. The highest BCUT2D eigenvalue weighted by Gasteiger charge is 2.31. The average molecular weight is 327 g/mol. The molecule has 0 unspecified atom stereocenters. The Balaban J connectivity index is 1.81. The molecule has 4 N–H and O–H groups in total. The lowest BCUT2D eigenvalue weighted by atomic mass is 10.1. The maximum Gasteiger partial charge on any atom is 0.315 e. The summed E-state index contributed by atoms with van der Waals surface area (Å²) in [4.78, 5) is 11.8. The standard InChI is InChI=1S/C14H21N3O4S/c1-2-22(20,21)16-8-7-15-14(19)17-13-11-6-4-3-5-10(11)9-12(13)18/h3-6,12-13,16,18H,2,7-9H2,1H3,(H2,15,17,19)/t12-,13-/m1/s1. The molecule has 0 aliphatic heterocycles. The first kappa shape index (κ1) is 16.7. The third-order valence-corrected chi connectivity index (χ3v) is 5.01. The number of aliphatic hydroxyl groups is 1. The lowest BCUT2D eigenvalue weighted by Gasteiger charge is -2.18. The molecule has 0 saturated heterocycles. The largest absolute Gasteiger partial charge is 0.390 e. The maximum absolute atomic E-state index is 11.8. The number of carbonyl (C=O) groups is 1. The molecule has 22 heavy (non-hydrogen) atoms. The third-order valence-electron chi connectivity index (χ3n) is 3.60. The van der Waals surface area contributed by atoms with Gasteiger partial charge in [0.15, 0.2) is 0 Å². The highest BCUT2D eigenvalue weighted by atomic mass is 32.2. The summed E-state index contributed by atoms with van der Waals surface area (Å²) in [5.41, 5.74) is 1.94. The first-order chi connectivity index (χ1) is 10.4. The van der Waals surface area contributed by atoms with Crippen molar-refractivity contribution in [1.29, 1.82) is 0 Å². The molecular weight excluding hydrogens is 306 g/mol. The van der Waals surface area contributed by atoms with Crippen LogP contribution in [0.4, 0.5) is 4.79 Å². The van der Waals surface area contributed by atoms with E-state index in [0.29, 0.717) is 6.42 Å². The Bertz CT molecular complexity index is 633. The van der Waals surface area contributed by atoms with Gasteiger partial charge in [-0.2, -0.15) is 0 Å². The zero-order valence-electron chi connectivity index (χ0n) is 12.4. The number of aliphatic hydroxyl groups excluding tert-OH is 1. The van der Waals surface area contributed by atoms with E-state index in [1.54, 1.807) is 6.92 Å². The summed E-state index contributed by atoms with van der Waals surface area (Å²) in [5.74, 6) is 0.00421. The van der Waals surface area contributed by atoms with Crippen molar-refractivity contribution in [2.75, 3.05) is 18.8 Å². The smallest absolute Gasteiger partial charge is 0.315 e. The van der Waals surface area contributed by atoms with Gasteiger partial charge in [0.25, 0.3) is 0 Å². The van der Waals surface area contributed by atoms with Crippen LogP contribution in [0, 0.1) is 0 Å². The van der Waals surface area contributed by atoms with Gasteiger partial charge in [-0.1, -0.05) is 24.3 Å². The van der Waals surface area contributed by atoms with Gasteiger partial charge in [-0.05, 0) is 18.1 Å². The zero-order valence-corrected chi connectivity index (χ0v) is 13.2. The van der Waals surface area contributed by atoms with E-state index in [2.05, 4.69) is 15.4 Å². The number of hydrogen-bond acceptors (Lipinski definition) is 4. The Hall–Kier alpha value is -1.64. The summed E-state index contributed by atoms with van der Waals surface area (Å²) in [6.07, 6.45) is -0.140. The van der Waals surface area contributed by atoms with Gasteiger partial charge < -0.3 is 15.7 Å². The molecular formula is C14H21N3O4S. The van der Waals surface area contributed by atoms with Gasteiger partial charge in [0.05, 0.1) is 17.9 Å². The second-order valence-corrected chi connectivity index (χ2v) is 7.24. The van der Waals surface area contributed by atoms with E-state index < -0.39 is 28.2 Å². The van der Waals surface area contributed by atoms with Gasteiger partial charge in [-0.3, -0.25) is 0 Å². The van der Waals surface area contributed by atoms with Crippen molar-refractivity contribution < 1.29 is 18.3 Å². The number of rotatable bonds is 6. The molecule has 0 spiro atoms. The quantitative estimate of drug-likeness (QED) is 0.547. The fraction of sp³-hybridized carbons (Fsp3) is 0.500. The van der Waals surface area contributed by atoms with Crippen LogP contribution in [0.2, 0.25) is 0 Å². The minimum absolute atomic E-state index is 0.00421. The topological polar surface area (TPSA) is 108 Å². The minimum Gasteiger partial charge on any atom is -0.390 e. The number of hydrogen-bond donors (Lipinski definition) is 4. The summed E-state index contributed by atoms with van der Waals surface area (Å²) >= 11 is 0. The number of sulfonamides is 1. The zero-order chi connectivity index (χ0) is 16.2. The molecule has 2 amide bonds. The fourth-order valence-electron chi connectivity index (χ4n) is 2.42. The first-order valence-electron chi connectivity index (χ1n) is 7.20. The molecule has 0 aromatic heterocycles. The molecule has 8 heteroatoms. The number of carbonyl (C=O) groups excluding carboxylic acids is 1. The molecule has 2 rings (SSSR count). The van der Waals surface area contributed by atoms with Crippen LogP contribution in [0.25, 0.3) is 0 Å². The Morgan fingerprint density at radius 3 is 2.77 bits per heavy atom. The van der Waals surface area contributed by atoms with E-state index in [0.717, 1.165) is 11.1 Å². The van der Waals surface area contributed by atoms with Crippen molar-refractivity contribution in [3.05, 3.63) is 35.4 Å². The molecule has 0 bridgehead atoms. The predicted molar refractivity (Wildman–Crippen MR) is 82.9 cm³/mol. The second-order valence-electron chi connectivity index (χ2n) is 5.15. The third kappa shape index (κ3) is 4.19.